The maximum absolute atomic E-state index is 12.3. The molecule has 0 fully saturated rings. The fourth-order valence-electron chi connectivity index (χ4n) is 3.75. The third kappa shape index (κ3) is 16.4. The van der Waals surface area contributed by atoms with Crippen LogP contribution in [0, 0.1) is 0 Å². The fraction of sp³-hybridized carbons (Fsp3) is 0.917. The SMILES string of the molecule is CCCCCCCCCCOC(CCCCCCCCCC)(CC(=O)S)C(=O)S. The van der Waals surface area contributed by atoms with E-state index in [1.54, 1.807) is 0 Å². The zero-order chi connectivity index (χ0) is 21.8. The average molecular weight is 447 g/mol. The predicted octanol–water partition coefficient (Wildman–Crippen LogP) is 7.72. The summed E-state index contributed by atoms with van der Waals surface area (Å²) in [6.07, 6.45) is 19.9. The number of unbranched alkanes of at least 4 members (excludes halogenated alkanes) is 14. The van der Waals surface area contributed by atoms with Gasteiger partial charge in [-0.3, -0.25) is 9.59 Å². The first-order chi connectivity index (χ1) is 14.0. The second kappa shape index (κ2) is 19.9. The predicted molar refractivity (Wildman–Crippen MR) is 131 cm³/mol. The van der Waals surface area contributed by atoms with Gasteiger partial charge in [0.05, 0.1) is 6.42 Å². The van der Waals surface area contributed by atoms with Crippen LogP contribution in [-0.2, 0) is 14.3 Å². The van der Waals surface area contributed by atoms with Gasteiger partial charge < -0.3 is 4.74 Å². The van der Waals surface area contributed by atoms with Crippen molar-refractivity contribution in [2.24, 2.45) is 0 Å². The topological polar surface area (TPSA) is 43.4 Å². The highest BCUT2D eigenvalue weighted by atomic mass is 32.1. The Hall–Kier alpha value is -0.0000000000000000555. The van der Waals surface area contributed by atoms with Crippen LogP contribution in [-0.4, -0.2) is 22.4 Å². The van der Waals surface area contributed by atoms with Gasteiger partial charge in [0.1, 0.15) is 5.60 Å². The van der Waals surface area contributed by atoms with E-state index in [0.717, 1.165) is 25.7 Å². The number of carbonyl (C=O) groups excluding carboxylic acids is 2. The molecule has 0 aromatic rings. The lowest BCUT2D eigenvalue weighted by atomic mass is 9.93. The Morgan fingerprint density at radius 2 is 1.07 bits per heavy atom. The maximum Gasteiger partial charge on any atom is 0.218 e. The Morgan fingerprint density at radius 3 is 1.48 bits per heavy atom. The molecule has 1 atom stereocenters. The van der Waals surface area contributed by atoms with Crippen LogP contribution in [0.4, 0.5) is 0 Å². The van der Waals surface area contributed by atoms with E-state index in [9.17, 15) is 9.59 Å². The monoisotopic (exact) mass is 446 g/mol. The molecule has 0 aliphatic rings. The van der Waals surface area contributed by atoms with Crippen LogP contribution in [0.2, 0.25) is 0 Å². The van der Waals surface area contributed by atoms with Gasteiger partial charge in [-0.25, -0.2) is 0 Å². The number of thiol groups is 2. The van der Waals surface area contributed by atoms with Gasteiger partial charge >= 0.3 is 0 Å². The Balaban J connectivity index is 4.22. The van der Waals surface area contributed by atoms with Crippen LogP contribution in [0.25, 0.3) is 0 Å². The normalized spacial score (nSPS) is 13.4. The summed E-state index contributed by atoms with van der Waals surface area (Å²) < 4.78 is 6.01. The summed E-state index contributed by atoms with van der Waals surface area (Å²) in [5.74, 6) is 0. The minimum absolute atomic E-state index is 0.0198. The van der Waals surface area contributed by atoms with E-state index in [0.29, 0.717) is 13.0 Å². The van der Waals surface area contributed by atoms with Crippen molar-refractivity contribution in [1.82, 2.24) is 0 Å². The third-order valence-electron chi connectivity index (χ3n) is 5.64. The largest absolute Gasteiger partial charge is 0.366 e. The first-order valence-corrected chi connectivity index (χ1v) is 13.0. The smallest absolute Gasteiger partial charge is 0.218 e. The highest BCUT2D eigenvalue weighted by molar-refractivity contribution is 7.97. The second-order valence-corrected chi connectivity index (χ2v) is 9.32. The number of ether oxygens (including phenoxy) is 1. The van der Waals surface area contributed by atoms with Crippen molar-refractivity contribution in [3.63, 3.8) is 0 Å². The Bertz CT molecular complexity index is 415. The van der Waals surface area contributed by atoms with Gasteiger partial charge in [0.15, 0.2) is 5.12 Å². The van der Waals surface area contributed by atoms with Gasteiger partial charge in [-0.15, -0.1) is 25.3 Å². The highest BCUT2D eigenvalue weighted by Crippen LogP contribution is 2.29. The lowest BCUT2D eigenvalue weighted by Gasteiger charge is -2.30. The third-order valence-corrected chi connectivity index (χ3v) is 6.20. The van der Waals surface area contributed by atoms with Crippen molar-refractivity contribution in [3.8, 4) is 0 Å². The fourth-order valence-corrected chi connectivity index (χ4v) is 4.26. The second-order valence-electron chi connectivity index (χ2n) is 8.42. The van der Waals surface area contributed by atoms with Gasteiger partial charge in [-0.1, -0.05) is 110 Å². The molecular weight excluding hydrogens is 400 g/mol. The molecule has 0 saturated carbocycles. The zero-order valence-electron chi connectivity index (χ0n) is 19.1. The summed E-state index contributed by atoms with van der Waals surface area (Å²) in [7, 11) is 0. The maximum atomic E-state index is 12.3. The molecule has 172 valence electrons. The molecule has 3 nitrogen and oxygen atoms in total. The molecule has 5 heteroatoms. The molecule has 29 heavy (non-hydrogen) atoms. The number of rotatable bonds is 22. The van der Waals surface area contributed by atoms with E-state index in [-0.39, 0.29) is 16.7 Å². The van der Waals surface area contributed by atoms with Gasteiger partial charge in [-0.05, 0) is 12.8 Å². The summed E-state index contributed by atoms with van der Waals surface area (Å²) in [6, 6.07) is 0. The van der Waals surface area contributed by atoms with Gasteiger partial charge in [0.2, 0.25) is 5.12 Å². The Kier molecular flexibility index (Phi) is 19.9. The quantitative estimate of drug-likeness (QED) is 0.132. The summed E-state index contributed by atoms with van der Waals surface area (Å²) in [4.78, 5) is 23.9. The van der Waals surface area contributed by atoms with E-state index < -0.39 is 5.60 Å². The van der Waals surface area contributed by atoms with E-state index >= 15 is 0 Å². The van der Waals surface area contributed by atoms with Crippen LogP contribution in [0.1, 0.15) is 129 Å². The van der Waals surface area contributed by atoms with Crippen LogP contribution < -0.4 is 0 Å². The first kappa shape index (κ1) is 29.0. The minimum atomic E-state index is -1.09. The molecule has 1 unspecified atom stereocenters. The molecule has 0 aliphatic carbocycles. The lowest BCUT2D eigenvalue weighted by Crippen LogP contribution is -2.41. The van der Waals surface area contributed by atoms with Gasteiger partial charge in [0, 0.05) is 6.61 Å². The summed E-state index contributed by atoms with van der Waals surface area (Å²) in [5.41, 5.74) is -1.09. The van der Waals surface area contributed by atoms with Crippen molar-refractivity contribution in [3.05, 3.63) is 0 Å². The van der Waals surface area contributed by atoms with E-state index in [2.05, 4.69) is 39.1 Å². The van der Waals surface area contributed by atoms with Crippen LogP contribution >= 0.6 is 25.3 Å². The van der Waals surface area contributed by atoms with Crippen molar-refractivity contribution in [2.75, 3.05) is 6.61 Å². The van der Waals surface area contributed by atoms with E-state index in [1.807, 2.05) is 0 Å². The number of hydrogen-bond donors (Lipinski definition) is 2. The van der Waals surface area contributed by atoms with Crippen LogP contribution in [0.3, 0.4) is 0 Å². The van der Waals surface area contributed by atoms with Crippen molar-refractivity contribution < 1.29 is 14.3 Å². The molecule has 0 radical (unpaired) electrons. The summed E-state index contributed by atoms with van der Waals surface area (Å²) >= 11 is 7.99. The van der Waals surface area contributed by atoms with E-state index in [4.69, 9.17) is 4.74 Å². The molecule has 0 amide bonds. The number of hydrogen-bond acceptors (Lipinski definition) is 3. The Morgan fingerprint density at radius 1 is 0.655 bits per heavy atom. The molecule has 0 bridgehead atoms. The molecule has 0 saturated heterocycles. The zero-order valence-corrected chi connectivity index (χ0v) is 20.8. The first-order valence-electron chi connectivity index (χ1n) is 12.1. The molecule has 0 aromatic carbocycles. The summed E-state index contributed by atoms with van der Waals surface area (Å²) in [6.45, 7) is 4.97. The Labute approximate surface area is 191 Å². The van der Waals surface area contributed by atoms with Crippen molar-refractivity contribution in [2.45, 2.75) is 135 Å². The van der Waals surface area contributed by atoms with Crippen molar-refractivity contribution in [1.29, 1.82) is 0 Å². The summed E-state index contributed by atoms with van der Waals surface area (Å²) in [5, 5.41) is -0.634. The molecule has 0 aromatic heterocycles. The molecule has 0 spiro atoms. The average Bonchev–Trinajstić information content (AvgIpc) is 2.67. The van der Waals surface area contributed by atoms with Gasteiger partial charge in [-0.2, -0.15) is 0 Å². The molecular formula is C24H46O3S2. The van der Waals surface area contributed by atoms with Crippen LogP contribution in [0.5, 0.6) is 0 Å². The molecule has 0 N–H and O–H groups in total. The standard InChI is InChI=1S/C24H46O3S2/c1-3-5-7-9-11-13-15-17-19-24(23(26)29,21-22(25)28)27-20-18-16-14-12-10-8-6-4-2/h3-21H2,1-2H3,(H,25,28)(H,26,29). The van der Waals surface area contributed by atoms with E-state index in [1.165, 1.54) is 77.0 Å². The number of carbonyl (C=O) groups is 2. The van der Waals surface area contributed by atoms with Crippen LogP contribution in [0.15, 0.2) is 0 Å². The molecule has 0 rings (SSSR count). The minimum Gasteiger partial charge on any atom is -0.366 e. The highest BCUT2D eigenvalue weighted by Gasteiger charge is 2.38. The van der Waals surface area contributed by atoms with Gasteiger partial charge in [0.25, 0.3) is 0 Å². The molecule has 0 aliphatic heterocycles. The molecule has 0 heterocycles. The lowest BCUT2D eigenvalue weighted by molar-refractivity contribution is -0.141. The van der Waals surface area contributed by atoms with Crippen molar-refractivity contribution >= 4 is 35.5 Å².